The quantitative estimate of drug-likeness (QED) is 0.0405. The molecule has 1 aliphatic heterocycles. The van der Waals surface area contributed by atoms with Crippen molar-refractivity contribution in [1.29, 1.82) is 0 Å². The van der Waals surface area contributed by atoms with Crippen LogP contribution in [0.5, 0.6) is 28.7 Å². The molecule has 0 bridgehead atoms. The van der Waals surface area contributed by atoms with Crippen LogP contribution in [0.25, 0.3) is 0 Å². The molecule has 10 aromatic rings. The van der Waals surface area contributed by atoms with Crippen molar-refractivity contribution in [3.05, 3.63) is 328 Å². The van der Waals surface area contributed by atoms with E-state index in [4.69, 9.17) is 42.6 Å². The Labute approximate surface area is 516 Å². The number of hydrogen-bond donors (Lipinski definition) is 0. The summed E-state index contributed by atoms with van der Waals surface area (Å²) in [6.45, 7) is 2.37. The maximum atomic E-state index is 16.1. The van der Waals surface area contributed by atoms with Crippen LogP contribution in [0, 0.1) is 5.92 Å². The van der Waals surface area contributed by atoms with E-state index < -0.39 is 23.9 Å². The van der Waals surface area contributed by atoms with Crippen LogP contribution in [0.3, 0.4) is 0 Å². The molecular formula is C78H72O10. The first-order valence-corrected chi connectivity index (χ1v) is 30.3. The SMILES string of the molecule is O=C(CCc1ccc(OCc2ccccc2)c(OCc2ccccc2)c1)c1c(OCc2ccccc2)cc(OCc2ccccc2)c(C2OC(COCc3ccccc3)C(OCc3ccccc3)C3CC23OCc2ccccc2)c1OCc1ccccc1. The Hall–Kier alpha value is -9.29. The number of carbonyl (C=O) groups excluding carboxylic acids is 1. The third kappa shape index (κ3) is 15.3. The normalized spacial score (nSPS) is 17.5. The summed E-state index contributed by atoms with van der Waals surface area (Å²) in [6, 6.07) is 88.3. The summed E-state index contributed by atoms with van der Waals surface area (Å²) >= 11 is 0. The maximum absolute atomic E-state index is 16.1. The molecule has 5 atom stereocenters. The smallest absolute Gasteiger partial charge is 0.170 e. The predicted octanol–water partition coefficient (Wildman–Crippen LogP) is 16.6. The monoisotopic (exact) mass is 1170 g/mol. The lowest BCUT2D eigenvalue weighted by Crippen LogP contribution is -2.49. The molecule has 0 radical (unpaired) electrons. The highest BCUT2D eigenvalue weighted by atomic mass is 16.6. The Bertz CT molecular complexity index is 3760. The lowest BCUT2D eigenvalue weighted by atomic mass is 9.89. The Morgan fingerprint density at radius 3 is 1.30 bits per heavy atom. The number of ether oxygens (including phenoxy) is 9. The molecule has 1 saturated heterocycles. The zero-order valence-corrected chi connectivity index (χ0v) is 49.3. The van der Waals surface area contributed by atoms with Crippen molar-refractivity contribution in [1.82, 2.24) is 0 Å². The van der Waals surface area contributed by atoms with Gasteiger partial charge in [-0.3, -0.25) is 4.79 Å². The molecule has 0 amide bonds. The molecule has 5 unspecified atom stereocenters. The lowest BCUT2D eigenvalue weighted by molar-refractivity contribution is -0.224. The number of aryl methyl sites for hydroxylation is 1. The van der Waals surface area contributed by atoms with Crippen LogP contribution in [0.15, 0.2) is 267 Å². The summed E-state index contributed by atoms with van der Waals surface area (Å²) in [4.78, 5) is 16.1. The van der Waals surface area contributed by atoms with Crippen molar-refractivity contribution in [2.75, 3.05) is 6.61 Å². The van der Waals surface area contributed by atoms with Gasteiger partial charge in [0, 0.05) is 18.4 Å². The highest BCUT2D eigenvalue weighted by molar-refractivity contribution is 6.02. The van der Waals surface area contributed by atoms with Gasteiger partial charge in [-0.2, -0.15) is 0 Å². The van der Waals surface area contributed by atoms with E-state index in [-0.39, 0.29) is 56.7 Å². The Balaban J connectivity index is 0.979. The van der Waals surface area contributed by atoms with Gasteiger partial charge in [-0.15, -0.1) is 0 Å². The van der Waals surface area contributed by atoms with E-state index in [1.807, 2.05) is 231 Å². The zero-order valence-electron chi connectivity index (χ0n) is 49.3. The molecule has 0 aromatic heterocycles. The highest BCUT2D eigenvalue weighted by Gasteiger charge is 2.70. The van der Waals surface area contributed by atoms with E-state index in [0.717, 1.165) is 50.1 Å². The van der Waals surface area contributed by atoms with E-state index in [1.165, 1.54) is 0 Å². The minimum Gasteiger partial charge on any atom is -0.488 e. The fraction of sp³-hybridized carbons (Fsp3) is 0.218. The molecule has 1 aliphatic carbocycles. The molecule has 1 heterocycles. The van der Waals surface area contributed by atoms with E-state index in [2.05, 4.69) is 36.4 Å². The van der Waals surface area contributed by atoms with Gasteiger partial charge in [-0.05, 0) is 75.0 Å². The Morgan fingerprint density at radius 1 is 0.398 bits per heavy atom. The second-order valence-electron chi connectivity index (χ2n) is 22.4. The van der Waals surface area contributed by atoms with E-state index >= 15 is 4.79 Å². The summed E-state index contributed by atoms with van der Waals surface area (Å²) in [7, 11) is 0. The Morgan fingerprint density at radius 2 is 0.807 bits per heavy atom. The predicted molar refractivity (Wildman–Crippen MR) is 340 cm³/mol. The molecule has 444 valence electrons. The first-order chi connectivity index (χ1) is 43.5. The number of benzene rings is 10. The summed E-state index contributed by atoms with van der Waals surface area (Å²) in [5, 5.41) is 0. The molecule has 10 nitrogen and oxygen atoms in total. The number of ketones is 1. The summed E-state index contributed by atoms with van der Waals surface area (Å²) < 4.78 is 63.1. The molecule has 10 heteroatoms. The van der Waals surface area contributed by atoms with Crippen molar-refractivity contribution >= 4 is 5.78 Å². The number of rotatable bonds is 30. The van der Waals surface area contributed by atoms with Crippen LogP contribution in [0.1, 0.15) is 84.9 Å². The molecule has 2 aliphatic rings. The fourth-order valence-corrected chi connectivity index (χ4v) is 11.5. The summed E-state index contributed by atoms with van der Waals surface area (Å²) in [6.07, 6.45) is -0.924. The highest BCUT2D eigenvalue weighted by Crippen LogP contribution is 2.65. The largest absolute Gasteiger partial charge is 0.488 e. The summed E-state index contributed by atoms with van der Waals surface area (Å²) in [5.41, 5.74) is 8.61. The van der Waals surface area contributed by atoms with Gasteiger partial charge in [-0.1, -0.05) is 249 Å². The van der Waals surface area contributed by atoms with Crippen LogP contribution >= 0.6 is 0 Å². The van der Waals surface area contributed by atoms with Crippen LogP contribution in [-0.2, 0) is 78.2 Å². The molecule has 0 N–H and O–H groups in total. The first-order valence-electron chi connectivity index (χ1n) is 30.3. The average molecular weight is 1170 g/mol. The van der Waals surface area contributed by atoms with Crippen LogP contribution < -0.4 is 23.7 Å². The van der Waals surface area contributed by atoms with Crippen molar-refractivity contribution in [2.24, 2.45) is 5.92 Å². The number of carbonyl (C=O) groups is 1. The van der Waals surface area contributed by atoms with Crippen molar-refractivity contribution in [2.45, 2.75) is 96.0 Å². The van der Waals surface area contributed by atoms with Gasteiger partial charge in [0.15, 0.2) is 17.3 Å². The molecule has 12 rings (SSSR count). The Kier molecular flexibility index (Phi) is 19.7. The molecule has 10 aromatic carbocycles. The van der Waals surface area contributed by atoms with Gasteiger partial charge in [0.25, 0.3) is 0 Å². The number of fused-ring (bicyclic) bond motifs is 1. The minimum absolute atomic E-state index is 0.0740. The number of hydrogen-bond acceptors (Lipinski definition) is 10. The van der Waals surface area contributed by atoms with Crippen molar-refractivity contribution in [3.63, 3.8) is 0 Å². The van der Waals surface area contributed by atoms with E-state index in [9.17, 15) is 0 Å². The molecular weight excluding hydrogens is 1100 g/mol. The number of Topliss-reactive ketones (excluding diaryl/α,β-unsaturated/α-hetero) is 1. The molecule has 0 spiro atoms. The third-order valence-corrected chi connectivity index (χ3v) is 16.2. The van der Waals surface area contributed by atoms with E-state index in [0.29, 0.717) is 73.6 Å². The van der Waals surface area contributed by atoms with Gasteiger partial charge in [0.1, 0.15) is 73.7 Å². The topological polar surface area (TPSA) is 100 Å². The third-order valence-electron chi connectivity index (χ3n) is 16.2. The molecule has 1 saturated carbocycles. The fourth-order valence-electron chi connectivity index (χ4n) is 11.5. The second kappa shape index (κ2) is 29.4. The van der Waals surface area contributed by atoms with Crippen LogP contribution in [0.4, 0.5) is 0 Å². The van der Waals surface area contributed by atoms with Gasteiger partial charge in [0.05, 0.1) is 38.1 Å². The van der Waals surface area contributed by atoms with Gasteiger partial charge < -0.3 is 42.6 Å². The zero-order chi connectivity index (χ0) is 59.6. The second-order valence-corrected chi connectivity index (χ2v) is 22.4. The van der Waals surface area contributed by atoms with E-state index in [1.54, 1.807) is 0 Å². The van der Waals surface area contributed by atoms with Gasteiger partial charge in [0.2, 0.25) is 0 Å². The van der Waals surface area contributed by atoms with Crippen LogP contribution in [-0.4, -0.2) is 30.2 Å². The van der Waals surface area contributed by atoms with Gasteiger partial charge in [-0.25, -0.2) is 0 Å². The van der Waals surface area contributed by atoms with Crippen LogP contribution in [0.2, 0.25) is 0 Å². The maximum Gasteiger partial charge on any atom is 0.170 e. The molecule has 88 heavy (non-hydrogen) atoms. The summed E-state index contributed by atoms with van der Waals surface area (Å²) in [5.74, 6) is 1.84. The lowest BCUT2D eigenvalue weighted by Gasteiger charge is -2.42. The standard InChI is InChI=1S/C78H72O10/c79-67(43-41-57-42-44-68(81-49-59-27-11-2-12-28-59)69(45-57)82-50-60-29-13-3-14-30-60)73-70(83-51-61-31-15-4-16-32-61)46-71(84-52-62-33-17-5-18-34-62)74(76(73)86-54-64-37-21-7-22-38-64)77-78(87-55-65-39-23-8-24-40-65)47-66(78)75(85-53-63-35-19-6-20-36-63)72(88-77)56-80-48-58-25-9-1-10-26-58/h1-40,42,44-46,66,72,75,77H,41,43,47-56H2. The molecule has 2 fully saturated rings. The van der Waals surface area contributed by atoms with Crippen molar-refractivity contribution < 1.29 is 47.4 Å². The average Bonchev–Trinajstić information content (AvgIpc) is 1.65. The van der Waals surface area contributed by atoms with Crippen molar-refractivity contribution in [3.8, 4) is 28.7 Å². The van der Waals surface area contributed by atoms with Gasteiger partial charge >= 0.3 is 0 Å². The minimum atomic E-state index is -0.990. The first kappa shape index (κ1) is 59.1.